The summed E-state index contributed by atoms with van der Waals surface area (Å²) in [7, 11) is 1.60. The number of hydrogen-bond acceptors (Lipinski definition) is 4. The van der Waals surface area contributed by atoms with Gasteiger partial charge in [0.15, 0.2) is 11.5 Å². The van der Waals surface area contributed by atoms with Crippen molar-refractivity contribution in [1.82, 2.24) is 4.90 Å². The van der Waals surface area contributed by atoms with Crippen LogP contribution in [0.2, 0.25) is 0 Å². The van der Waals surface area contributed by atoms with Gasteiger partial charge < -0.3 is 9.84 Å². The Labute approximate surface area is 149 Å². The number of methoxy groups -OCH3 is 1. The van der Waals surface area contributed by atoms with E-state index in [4.69, 9.17) is 4.74 Å². The van der Waals surface area contributed by atoms with Crippen LogP contribution >= 0.6 is 0 Å². The molecule has 3 fully saturated rings. The standard InChI is InChI=1S/C21H27NO3/c1-25-18-7-4-14-10-17-16-6-5-15(23)11-21(16,19(14)20(18)24)8-9-22(17)12-13-2-3-13/h4,7,13,16-17,24H,2-3,5-6,8-12H2,1H3/t16-,17?,21-/m1/s1. The number of rotatable bonds is 3. The maximum atomic E-state index is 12.4. The monoisotopic (exact) mass is 341 g/mol. The van der Waals surface area contributed by atoms with Gasteiger partial charge in [-0.15, -0.1) is 0 Å². The van der Waals surface area contributed by atoms with Crippen LogP contribution in [0.25, 0.3) is 0 Å². The number of carbonyl (C=O) groups excluding carboxylic acids is 1. The van der Waals surface area contributed by atoms with E-state index in [0.29, 0.717) is 36.3 Å². The Morgan fingerprint density at radius 1 is 1.32 bits per heavy atom. The number of likely N-dealkylation sites (tertiary alicyclic amines) is 1. The molecule has 4 heteroatoms. The highest BCUT2D eigenvalue weighted by atomic mass is 16.5. The van der Waals surface area contributed by atoms with Crippen LogP contribution in [0.5, 0.6) is 11.5 Å². The molecule has 1 aromatic rings. The van der Waals surface area contributed by atoms with Crippen molar-refractivity contribution in [2.24, 2.45) is 11.8 Å². The molecular weight excluding hydrogens is 314 g/mol. The van der Waals surface area contributed by atoms with Gasteiger partial charge in [-0.05, 0) is 62.1 Å². The number of benzene rings is 1. The van der Waals surface area contributed by atoms with Gasteiger partial charge in [0.1, 0.15) is 5.78 Å². The zero-order chi connectivity index (χ0) is 17.2. The lowest BCUT2D eigenvalue weighted by Crippen LogP contribution is -2.62. The van der Waals surface area contributed by atoms with Gasteiger partial charge in [0.2, 0.25) is 0 Å². The van der Waals surface area contributed by atoms with Crippen molar-refractivity contribution in [2.75, 3.05) is 20.2 Å². The van der Waals surface area contributed by atoms with E-state index in [-0.39, 0.29) is 11.2 Å². The molecule has 1 heterocycles. The van der Waals surface area contributed by atoms with Crippen molar-refractivity contribution in [3.63, 3.8) is 0 Å². The van der Waals surface area contributed by atoms with E-state index in [0.717, 1.165) is 37.3 Å². The van der Waals surface area contributed by atoms with Gasteiger partial charge in [-0.1, -0.05) is 6.07 Å². The molecule has 134 valence electrons. The summed E-state index contributed by atoms with van der Waals surface area (Å²) in [6.45, 7) is 2.28. The SMILES string of the molecule is COc1ccc2c(c1O)[C@@]13CCN(CC4CC4)C(C2)[C@H]1CCC(=O)C3. The lowest BCUT2D eigenvalue weighted by molar-refractivity contribution is -0.127. The normalized spacial score (nSPS) is 34.4. The molecule has 0 aromatic heterocycles. The van der Waals surface area contributed by atoms with Gasteiger partial charge in [-0.2, -0.15) is 0 Å². The maximum absolute atomic E-state index is 12.4. The topological polar surface area (TPSA) is 49.8 Å². The number of phenols is 1. The van der Waals surface area contributed by atoms with Gasteiger partial charge >= 0.3 is 0 Å². The Kier molecular flexibility index (Phi) is 3.43. The third kappa shape index (κ3) is 2.26. The zero-order valence-electron chi connectivity index (χ0n) is 15.0. The van der Waals surface area contributed by atoms with E-state index < -0.39 is 0 Å². The number of phenolic OH excluding ortho intramolecular Hbond substituents is 1. The van der Waals surface area contributed by atoms with Crippen LogP contribution < -0.4 is 4.74 Å². The van der Waals surface area contributed by atoms with Gasteiger partial charge in [-0.3, -0.25) is 9.69 Å². The highest BCUT2D eigenvalue weighted by Gasteiger charge is 2.57. The number of ketones is 1. The summed E-state index contributed by atoms with van der Waals surface area (Å²) in [6.07, 6.45) is 7.03. The Bertz CT molecular complexity index is 726. The first-order chi connectivity index (χ1) is 12.1. The second-order valence-corrected chi connectivity index (χ2v) is 8.63. The summed E-state index contributed by atoms with van der Waals surface area (Å²) < 4.78 is 5.39. The van der Waals surface area contributed by atoms with Gasteiger partial charge in [0.05, 0.1) is 7.11 Å². The molecule has 4 aliphatic rings. The summed E-state index contributed by atoms with van der Waals surface area (Å²) in [5.74, 6) is 2.57. The fourth-order valence-corrected chi connectivity index (χ4v) is 6.02. The first kappa shape index (κ1) is 15.7. The molecule has 1 saturated heterocycles. The lowest BCUT2D eigenvalue weighted by atomic mass is 9.52. The van der Waals surface area contributed by atoms with Crippen LogP contribution in [0.4, 0.5) is 0 Å². The predicted octanol–water partition coefficient (Wildman–Crippen LogP) is 3.05. The zero-order valence-corrected chi connectivity index (χ0v) is 15.0. The highest BCUT2D eigenvalue weighted by molar-refractivity contribution is 5.82. The van der Waals surface area contributed by atoms with Crippen LogP contribution in [-0.2, 0) is 16.6 Å². The smallest absolute Gasteiger partial charge is 0.161 e. The van der Waals surface area contributed by atoms with Crippen molar-refractivity contribution >= 4 is 5.78 Å². The first-order valence-corrected chi connectivity index (χ1v) is 9.77. The molecule has 25 heavy (non-hydrogen) atoms. The Balaban J connectivity index is 1.63. The fraction of sp³-hybridized carbons (Fsp3) is 0.667. The number of nitrogens with zero attached hydrogens (tertiary/aromatic N) is 1. The fourth-order valence-electron chi connectivity index (χ4n) is 6.02. The Morgan fingerprint density at radius 2 is 2.16 bits per heavy atom. The maximum Gasteiger partial charge on any atom is 0.161 e. The molecule has 2 bridgehead atoms. The molecule has 5 rings (SSSR count). The number of hydrogen-bond donors (Lipinski definition) is 1. The molecule has 2 saturated carbocycles. The predicted molar refractivity (Wildman–Crippen MR) is 95.1 cm³/mol. The highest BCUT2D eigenvalue weighted by Crippen LogP contribution is 2.58. The van der Waals surface area contributed by atoms with Crippen molar-refractivity contribution in [3.8, 4) is 11.5 Å². The number of ether oxygens (including phenoxy) is 1. The molecule has 0 spiro atoms. The van der Waals surface area contributed by atoms with E-state index in [9.17, 15) is 9.90 Å². The molecule has 3 aliphatic carbocycles. The minimum Gasteiger partial charge on any atom is -0.504 e. The first-order valence-electron chi connectivity index (χ1n) is 9.77. The van der Waals surface area contributed by atoms with Crippen LogP contribution in [0, 0.1) is 11.8 Å². The average Bonchev–Trinajstić information content (AvgIpc) is 3.41. The lowest BCUT2D eigenvalue weighted by Gasteiger charge is -2.58. The number of aromatic hydroxyl groups is 1. The van der Waals surface area contributed by atoms with Crippen LogP contribution in [0.1, 0.15) is 49.7 Å². The second kappa shape index (κ2) is 5.47. The molecule has 3 atom stereocenters. The summed E-state index contributed by atoms with van der Waals surface area (Å²) in [4.78, 5) is 15.1. The molecule has 1 N–H and O–H groups in total. The quantitative estimate of drug-likeness (QED) is 0.918. The molecule has 1 aromatic carbocycles. The van der Waals surface area contributed by atoms with Gasteiger partial charge in [-0.25, -0.2) is 0 Å². The average molecular weight is 341 g/mol. The third-order valence-corrected chi connectivity index (χ3v) is 7.30. The molecular formula is C21H27NO3. The van der Waals surface area contributed by atoms with Crippen LogP contribution in [0.15, 0.2) is 12.1 Å². The number of fused-ring (bicyclic) bond motifs is 1. The summed E-state index contributed by atoms with van der Waals surface area (Å²) in [5.41, 5.74) is 2.09. The minimum absolute atomic E-state index is 0.174. The van der Waals surface area contributed by atoms with E-state index in [1.54, 1.807) is 7.11 Å². The van der Waals surface area contributed by atoms with Crippen molar-refractivity contribution in [1.29, 1.82) is 0 Å². The van der Waals surface area contributed by atoms with E-state index >= 15 is 0 Å². The van der Waals surface area contributed by atoms with Gasteiger partial charge in [0.25, 0.3) is 0 Å². The summed E-state index contributed by atoms with van der Waals surface area (Å²) in [5, 5.41) is 10.9. The van der Waals surface area contributed by atoms with Crippen molar-refractivity contribution in [2.45, 2.75) is 56.4 Å². The molecule has 0 radical (unpaired) electrons. The molecule has 1 unspecified atom stereocenters. The van der Waals surface area contributed by atoms with Crippen molar-refractivity contribution < 1.29 is 14.6 Å². The molecule has 4 nitrogen and oxygen atoms in total. The number of carbonyl (C=O) groups is 1. The van der Waals surface area contributed by atoms with Crippen LogP contribution in [-0.4, -0.2) is 42.0 Å². The van der Waals surface area contributed by atoms with Crippen molar-refractivity contribution in [3.05, 3.63) is 23.3 Å². The molecule has 0 amide bonds. The minimum atomic E-state index is -0.174. The largest absolute Gasteiger partial charge is 0.504 e. The Morgan fingerprint density at radius 3 is 2.92 bits per heavy atom. The van der Waals surface area contributed by atoms with E-state index in [1.165, 1.54) is 24.9 Å². The summed E-state index contributed by atoms with van der Waals surface area (Å²) >= 11 is 0. The summed E-state index contributed by atoms with van der Waals surface area (Å²) in [6, 6.07) is 4.54. The van der Waals surface area contributed by atoms with Gasteiger partial charge in [0, 0.05) is 36.4 Å². The number of piperidine rings is 1. The van der Waals surface area contributed by atoms with E-state index in [2.05, 4.69) is 11.0 Å². The third-order valence-electron chi connectivity index (χ3n) is 7.30. The Hall–Kier alpha value is -1.55. The second-order valence-electron chi connectivity index (χ2n) is 8.63. The van der Waals surface area contributed by atoms with Crippen LogP contribution in [0.3, 0.4) is 0 Å². The number of Topliss-reactive ketones (excluding diaryl/α,β-unsaturated/α-hetero) is 1. The molecule has 1 aliphatic heterocycles. The van der Waals surface area contributed by atoms with E-state index in [1.807, 2.05) is 6.07 Å².